The van der Waals surface area contributed by atoms with Crippen molar-refractivity contribution in [2.24, 2.45) is 11.8 Å². The molecule has 1 aliphatic carbocycles. The molecule has 4 nitrogen and oxygen atoms in total. The number of nitrogens with zero attached hydrogens (tertiary/aromatic N) is 1. The molecule has 2 amide bonds. The molecule has 0 radical (unpaired) electrons. The SMILES string of the molecule is C[NH+](Cc1ccsc1)CN1C(=O)[C@H]2CC=CC[C@H]2C1=O. The summed E-state index contributed by atoms with van der Waals surface area (Å²) in [4.78, 5) is 27.3. The van der Waals surface area contributed by atoms with Crippen LogP contribution in [-0.2, 0) is 16.1 Å². The minimum atomic E-state index is -0.110. The molecular weight excluding hydrogens is 272 g/mol. The molecule has 0 bridgehead atoms. The lowest BCUT2D eigenvalue weighted by atomic mass is 9.85. The van der Waals surface area contributed by atoms with Gasteiger partial charge in [0, 0.05) is 5.56 Å². The van der Waals surface area contributed by atoms with E-state index in [-0.39, 0.29) is 23.7 Å². The average Bonchev–Trinajstić information content (AvgIpc) is 3.03. The summed E-state index contributed by atoms with van der Waals surface area (Å²) in [5, 5.41) is 4.16. The van der Waals surface area contributed by atoms with E-state index in [0.717, 1.165) is 24.3 Å². The molecule has 0 saturated carbocycles. The second-order valence-electron chi connectivity index (χ2n) is 5.68. The number of likely N-dealkylation sites (tertiary alicyclic amines) is 1. The fourth-order valence-electron chi connectivity index (χ4n) is 3.09. The molecule has 0 aromatic carbocycles. The van der Waals surface area contributed by atoms with Crippen LogP contribution in [-0.4, -0.2) is 30.4 Å². The number of thiophene rings is 1. The number of nitrogens with one attached hydrogen (secondary N) is 1. The van der Waals surface area contributed by atoms with E-state index in [1.807, 2.05) is 19.2 Å². The number of fused-ring (bicyclic) bond motifs is 1. The van der Waals surface area contributed by atoms with Gasteiger partial charge < -0.3 is 4.90 Å². The Bertz CT molecular complexity index is 512. The van der Waals surface area contributed by atoms with E-state index in [1.165, 1.54) is 10.5 Å². The van der Waals surface area contributed by atoms with Gasteiger partial charge in [-0.25, -0.2) is 4.90 Å². The Morgan fingerprint density at radius 1 is 1.25 bits per heavy atom. The maximum Gasteiger partial charge on any atom is 0.237 e. The van der Waals surface area contributed by atoms with Gasteiger partial charge in [0.2, 0.25) is 11.8 Å². The van der Waals surface area contributed by atoms with Crippen LogP contribution in [0.1, 0.15) is 18.4 Å². The largest absolute Gasteiger partial charge is 0.316 e. The van der Waals surface area contributed by atoms with E-state index in [1.54, 1.807) is 11.3 Å². The van der Waals surface area contributed by atoms with Crippen LogP contribution in [0.15, 0.2) is 29.0 Å². The highest BCUT2D eigenvalue weighted by Crippen LogP contribution is 2.34. The minimum Gasteiger partial charge on any atom is -0.316 e. The number of hydrogen-bond donors (Lipinski definition) is 1. The molecule has 1 aromatic rings. The maximum atomic E-state index is 12.3. The standard InChI is InChI=1S/C15H18N2O2S/c1-16(8-11-6-7-20-9-11)10-17-14(18)12-4-2-3-5-13(12)15(17)19/h2-3,6-7,9,12-13H,4-5,8,10H2,1H3/p+1/t12-,13+. The van der Waals surface area contributed by atoms with Crippen molar-refractivity contribution in [1.82, 2.24) is 4.90 Å². The van der Waals surface area contributed by atoms with Gasteiger partial charge in [0.15, 0.2) is 6.67 Å². The molecule has 1 unspecified atom stereocenters. The summed E-state index contributed by atoms with van der Waals surface area (Å²) in [5.74, 6) is -0.175. The Balaban J connectivity index is 1.65. The van der Waals surface area contributed by atoms with Crippen molar-refractivity contribution in [2.75, 3.05) is 13.7 Å². The zero-order chi connectivity index (χ0) is 14.1. The van der Waals surface area contributed by atoms with Gasteiger partial charge in [-0.3, -0.25) is 9.59 Å². The maximum absolute atomic E-state index is 12.3. The molecular formula is C15H19N2O2S+. The van der Waals surface area contributed by atoms with Crippen LogP contribution in [0.25, 0.3) is 0 Å². The van der Waals surface area contributed by atoms with Gasteiger partial charge in [0.05, 0.1) is 18.9 Å². The summed E-state index contributed by atoms with van der Waals surface area (Å²) in [6.07, 6.45) is 5.49. The molecule has 1 N–H and O–H groups in total. The first-order valence-corrected chi connectivity index (χ1v) is 7.93. The first kappa shape index (κ1) is 13.5. The van der Waals surface area contributed by atoms with Gasteiger partial charge >= 0.3 is 0 Å². The second kappa shape index (κ2) is 5.50. The first-order chi connectivity index (χ1) is 9.66. The number of rotatable bonds is 4. The third kappa shape index (κ3) is 2.43. The van der Waals surface area contributed by atoms with Crippen molar-refractivity contribution < 1.29 is 14.5 Å². The van der Waals surface area contributed by atoms with Gasteiger partial charge in [-0.05, 0) is 29.7 Å². The highest BCUT2D eigenvalue weighted by atomic mass is 32.1. The molecule has 1 aliphatic heterocycles. The summed E-state index contributed by atoms with van der Waals surface area (Å²) < 4.78 is 0. The molecule has 1 saturated heterocycles. The van der Waals surface area contributed by atoms with E-state index >= 15 is 0 Å². The molecule has 3 atom stereocenters. The third-order valence-electron chi connectivity index (χ3n) is 4.11. The van der Waals surface area contributed by atoms with Crippen LogP contribution in [0, 0.1) is 11.8 Å². The number of amides is 2. The lowest BCUT2D eigenvalue weighted by Gasteiger charge is -2.20. The van der Waals surface area contributed by atoms with Crippen molar-refractivity contribution in [3.05, 3.63) is 34.5 Å². The Hall–Kier alpha value is -1.46. The molecule has 20 heavy (non-hydrogen) atoms. The lowest BCUT2D eigenvalue weighted by Crippen LogP contribution is -3.09. The lowest BCUT2D eigenvalue weighted by molar-refractivity contribution is -0.901. The Kier molecular flexibility index (Phi) is 3.72. The van der Waals surface area contributed by atoms with Crippen LogP contribution >= 0.6 is 11.3 Å². The number of quaternary nitrogens is 1. The van der Waals surface area contributed by atoms with Gasteiger partial charge in [0.1, 0.15) is 6.54 Å². The monoisotopic (exact) mass is 291 g/mol. The summed E-state index contributed by atoms with van der Waals surface area (Å²) in [7, 11) is 2.03. The molecule has 0 spiro atoms. The van der Waals surface area contributed by atoms with Crippen molar-refractivity contribution in [1.29, 1.82) is 0 Å². The van der Waals surface area contributed by atoms with Crippen LogP contribution in [0.4, 0.5) is 0 Å². The zero-order valence-corrected chi connectivity index (χ0v) is 12.4. The number of hydrogen-bond acceptors (Lipinski definition) is 3. The van der Waals surface area contributed by atoms with Crippen LogP contribution in [0.2, 0.25) is 0 Å². The predicted octanol–water partition coefficient (Wildman–Crippen LogP) is 0.671. The smallest absolute Gasteiger partial charge is 0.237 e. The van der Waals surface area contributed by atoms with E-state index in [4.69, 9.17) is 0 Å². The van der Waals surface area contributed by atoms with Crippen molar-refractivity contribution >= 4 is 23.2 Å². The Morgan fingerprint density at radius 3 is 2.45 bits per heavy atom. The van der Waals surface area contributed by atoms with Gasteiger partial charge in [-0.1, -0.05) is 12.2 Å². The summed E-state index contributed by atoms with van der Waals surface area (Å²) in [6, 6.07) is 2.09. The van der Waals surface area contributed by atoms with E-state index < -0.39 is 0 Å². The normalized spacial score (nSPS) is 26.9. The minimum absolute atomic E-state index is 0.0222. The zero-order valence-electron chi connectivity index (χ0n) is 11.5. The quantitative estimate of drug-likeness (QED) is 0.654. The van der Waals surface area contributed by atoms with Gasteiger partial charge in [0.25, 0.3) is 0 Å². The van der Waals surface area contributed by atoms with Gasteiger partial charge in [-0.2, -0.15) is 11.3 Å². The Morgan fingerprint density at radius 2 is 1.90 bits per heavy atom. The third-order valence-corrected chi connectivity index (χ3v) is 4.84. The fraction of sp³-hybridized carbons (Fsp3) is 0.467. The number of carbonyl (C=O) groups excluding carboxylic acids is 2. The van der Waals surface area contributed by atoms with Crippen LogP contribution < -0.4 is 4.90 Å². The topological polar surface area (TPSA) is 41.8 Å². The predicted molar refractivity (Wildman–Crippen MR) is 77.0 cm³/mol. The Labute approximate surface area is 122 Å². The molecule has 3 rings (SSSR count). The van der Waals surface area contributed by atoms with Crippen LogP contribution in [0.3, 0.4) is 0 Å². The molecule has 106 valence electrons. The van der Waals surface area contributed by atoms with E-state index in [0.29, 0.717) is 6.67 Å². The first-order valence-electron chi connectivity index (χ1n) is 6.99. The van der Waals surface area contributed by atoms with E-state index in [2.05, 4.69) is 16.8 Å². The highest BCUT2D eigenvalue weighted by Gasteiger charge is 2.48. The summed E-state index contributed by atoms with van der Waals surface area (Å²) in [5.41, 5.74) is 1.26. The average molecular weight is 291 g/mol. The van der Waals surface area contributed by atoms with Crippen molar-refractivity contribution in [2.45, 2.75) is 19.4 Å². The molecule has 2 heterocycles. The number of imide groups is 1. The fourth-order valence-corrected chi connectivity index (χ4v) is 3.76. The summed E-state index contributed by atoms with van der Waals surface area (Å²) in [6.45, 7) is 1.31. The van der Waals surface area contributed by atoms with Crippen LogP contribution in [0.5, 0.6) is 0 Å². The molecule has 5 heteroatoms. The van der Waals surface area contributed by atoms with Crippen molar-refractivity contribution in [3.8, 4) is 0 Å². The number of allylic oxidation sites excluding steroid dienone is 2. The summed E-state index contributed by atoms with van der Waals surface area (Å²) >= 11 is 1.67. The van der Waals surface area contributed by atoms with Crippen molar-refractivity contribution in [3.63, 3.8) is 0 Å². The number of carbonyl (C=O) groups is 2. The highest BCUT2D eigenvalue weighted by molar-refractivity contribution is 7.07. The van der Waals surface area contributed by atoms with Gasteiger partial charge in [-0.15, -0.1) is 0 Å². The molecule has 1 aromatic heterocycles. The molecule has 2 aliphatic rings. The second-order valence-corrected chi connectivity index (χ2v) is 6.46. The van der Waals surface area contributed by atoms with E-state index in [9.17, 15) is 9.59 Å². The molecule has 1 fully saturated rings.